The zero-order valence-electron chi connectivity index (χ0n) is 18.0. The molecule has 1 aromatic carbocycles. The zero-order chi connectivity index (χ0) is 20.1. The normalized spacial score (nSPS) is 14.9. The van der Waals surface area contributed by atoms with Crippen molar-refractivity contribution in [3.05, 3.63) is 46.3 Å². The van der Waals surface area contributed by atoms with Gasteiger partial charge in [0.2, 0.25) is 0 Å². The number of nitrogens with one attached hydrogen (secondary N) is 2. The molecule has 1 aliphatic rings. The summed E-state index contributed by atoms with van der Waals surface area (Å²) in [5, 5.41) is 10.8. The molecule has 3 rings (SSSR count). The van der Waals surface area contributed by atoms with E-state index in [0.717, 1.165) is 53.4 Å². The number of hydrogen-bond acceptors (Lipinski definition) is 4. The molecule has 1 heterocycles. The zero-order valence-corrected chi connectivity index (χ0v) is 20.4. The van der Waals surface area contributed by atoms with Gasteiger partial charge < -0.3 is 19.9 Å². The molecule has 6 nitrogen and oxygen atoms in total. The minimum atomic E-state index is 0. The highest BCUT2D eigenvalue weighted by Gasteiger charge is 2.22. The number of rotatable bonds is 8. The Labute approximate surface area is 190 Å². The van der Waals surface area contributed by atoms with Crippen molar-refractivity contribution in [3.8, 4) is 5.75 Å². The third kappa shape index (κ3) is 6.62. The topological polar surface area (TPSA) is 71.7 Å². The Hall–Kier alpha value is -1.77. The molecule has 0 amide bonds. The molecule has 2 aromatic rings. The lowest BCUT2D eigenvalue weighted by molar-refractivity contribution is 0.296. The molecular formula is C22H33IN4O2. The van der Waals surface area contributed by atoms with Crippen LogP contribution in [0.2, 0.25) is 0 Å². The van der Waals surface area contributed by atoms with Crippen molar-refractivity contribution >= 4 is 29.9 Å². The maximum atomic E-state index is 6.06. The van der Waals surface area contributed by atoms with Crippen molar-refractivity contribution < 1.29 is 9.26 Å². The predicted octanol–water partition coefficient (Wildman–Crippen LogP) is 4.48. The first kappa shape index (κ1) is 23.5. The van der Waals surface area contributed by atoms with Gasteiger partial charge in [0, 0.05) is 37.2 Å². The SMILES string of the molecule is CN=C(NCc1ccc(C)cc1OCC1CC1)NCC(C)c1c(C)noc1C.I. The molecule has 0 spiro atoms. The average molecular weight is 512 g/mol. The van der Waals surface area contributed by atoms with Gasteiger partial charge in [0.15, 0.2) is 5.96 Å². The van der Waals surface area contributed by atoms with Gasteiger partial charge in [-0.05, 0) is 51.2 Å². The van der Waals surface area contributed by atoms with Crippen LogP contribution in [0, 0.1) is 26.7 Å². The number of nitrogens with zero attached hydrogens (tertiary/aromatic N) is 2. The molecule has 7 heteroatoms. The number of aromatic nitrogens is 1. The first-order valence-corrected chi connectivity index (χ1v) is 10.1. The third-order valence-electron chi connectivity index (χ3n) is 5.22. The summed E-state index contributed by atoms with van der Waals surface area (Å²) >= 11 is 0. The second kappa shape index (κ2) is 10.8. The fourth-order valence-corrected chi connectivity index (χ4v) is 3.38. The number of guanidine groups is 1. The van der Waals surface area contributed by atoms with E-state index in [9.17, 15) is 0 Å². The van der Waals surface area contributed by atoms with Crippen LogP contribution in [0.1, 0.15) is 53.8 Å². The maximum absolute atomic E-state index is 6.06. The average Bonchev–Trinajstić information content (AvgIpc) is 3.44. The Morgan fingerprint density at radius 1 is 1.28 bits per heavy atom. The summed E-state index contributed by atoms with van der Waals surface area (Å²) in [6.07, 6.45) is 2.58. The lowest BCUT2D eigenvalue weighted by Crippen LogP contribution is -2.38. The summed E-state index contributed by atoms with van der Waals surface area (Å²) in [4.78, 5) is 4.35. The summed E-state index contributed by atoms with van der Waals surface area (Å²) in [5.41, 5.74) is 4.47. The molecule has 0 radical (unpaired) electrons. The number of hydrogen-bond donors (Lipinski definition) is 2. The van der Waals surface area contributed by atoms with Gasteiger partial charge in [0.05, 0.1) is 12.3 Å². The molecular weight excluding hydrogens is 479 g/mol. The Bertz CT molecular complexity index is 811. The molecule has 0 saturated heterocycles. The van der Waals surface area contributed by atoms with Crippen LogP contribution in [-0.4, -0.2) is 31.3 Å². The van der Waals surface area contributed by atoms with E-state index >= 15 is 0 Å². The van der Waals surface area contributed by atoms with Gasteiger partial charge in [-0.3, -0.25) is 4.99 Å². The highest BCUT2D eigenvalue weighted by Crippen LogP contribution is 2.30. The van der Waals surface area contributed by atoms with Crippen LogP contribution in [-0.2, 0) is 6.54 Å². The molecule has 29 heavy (non-hydrogen) atoms. The Kier molecular flexibility index (Phi) is 8.79. The van der Waals surface area contributed by atoms with Crippen molar-refractivity contribution in [2.75, 3.05) is 20.2 Å². The lowest BCUT2D eigenvalue weighted by Gasteiger charge is -2.17. The second-order valence-corrected chi connectivity index (χ2v) is 7.81. The van der Waals surface area contributed by atoms with Gasteiger partial charge in [0.25, 0.3) is 0 Å². The van der Waals surface area contributed by atoms with E-state index in [4.69, 9.17) is 9.26 Å². The van der Waals surface area contributed by atoms with Gasteiger partial charge in [-0.1, -0.05) is 24.2 Å². The smallest absolute Gasteiger partial charge is 0.191 e. The summed E-state index contributed by atoms with van der Waals surface area (Å²) < 4.78 is 11.3. The second-order valence-electron chi connectivity index (χ2n) is 7.81. The maximum Gasteiger partial charge on any atom is 0.191 e. The monoisotopic (exact) mass is 512 g/mol. The van der Waals surface area contributed by atoms with Gasteiger partial charge in [-0.15, -0.1) is 24.0 Å². The highest BCUT2D eigenvalue weighted by molar-refractivity contribution is 14.0. The number of halogens is 1. The van der Waals surface area contributed by atoms with E-state index < -0.39 is 0 Å². The molecule has 0 aliphatic heterocycles. The number of benzene rings is 1. The first-order valence-electron chi connectivity index (χ1n) is 10.1. The quantitative estimate of drug-likeness (QED) is 0.310. The fourth-order valence-electron chi connectivity index (χ4n) is 3.38. The van der Waals surface area contributed by atoms with Crippen molar-refractivity contribution in [2.24, 2.45) is 10.9 Å². The molecule has 1 aromatic heterocycles. The fraction of sp³-hybridized carbons (Fsp3) is 0.545. The minimum Gasteiger partial charge on any atom is -0.493 e. The van der Waals surface area contributed by atoms with Crippen LogP contribution in [0.4, 0.5) is 0 Å². The summed E-state index contributed by atoms with van der Waals surface area (Å²) in [5.74, 6) is 3.64. The van der Waals surface area contributed by atoms with E-state index in [1.807, 2.05) is 13.8 Å². The molecule has 2 N–H and O–H groups in total. The first-order chi connectivity index (χ1) is 13.5. The lowest BCUT2D eigenvalue weighted by atomic mass is 10.00. The molecule has 160 valence electrons. The molecule has 1 fully saturated rings. The van der Waals surface area contributed by atoms with Crippen LogP contribution in [0.3, 0.4) is 0 Å². The van der Waals surface area contributed by atoms with Gasteiger partial charge >= 0.3 is 0 Å². The standard InChI is InChI=1S/C22H32N4O2.HI/c1-14-6-9-19(20(10-14)27-13-18-7-8-18)12-25-22(23-5)24-11-15(2)21-16(3)26-28-17(21)4;/h6,9-10,15,18H,7-8,11-13H2,1-5H3,(H2,23,24,25);1H. The van der Waals surface area contributed by atoms with Crippen molar-refractivity contribution in [2.45, 2.75) is 53.0 Å². The Morgan fingerprint density at radius 2 is 2.03 bits per heavy atom. The van der Waals surface area contributed by atoms with E-state index in [-0.39, 0.29) is 29.9 Å². The highest BCUT2D eigenvalue weighted by atomic mass is 127. The molecule has 1 saturated carbocycles. The van der Waals surface area contributed by atoms with Crippen molar-refractivity contribution in [1.82, 2.24) is 15.8 Å². The number of ether oxygens (including phenoxy) is 1. The Balaban J connectivity index is 0.00000300. The molecule has 1 atom stereocenters. The van der Waals surface area contributed by atoms with Gasteiger partial charge in [-0.25, -0.2) is 0 Å². The van der Waals surface area contributed by atoms with Gasteiger partial charge in [0.1, 0.15) is 11.5 Å². The van der Waals surface area contributed by atoms with Crippen LogP contribution < -0.4 is 15.4 Å². The van der Waals surface area contributed by atoms with Crippen molar-refractivity contribution in [3.63, 3.8) is 0 Å². The van der Waals surface area contributed by atoms with E-state index in [2.05, 4.69) is 52.8 Å². The summed E-state index contributed by atoms with van der Waals surface area (Å²) in [6, 6.07) is 6.37. The number of aryl methyl sites for hydroxylation is 3. The van der Waals surface area contributed by atoms with Crippen molar-refractivity contribution in [1.29, 1.82) is 0 Å². The van der Waals surface area contributed by atoms with Crippen LogP contribution in [0.5, 0.6) is 5.75 Å². The molecule has 1 aliphatic carbocycles. The van der Waals surface area contributed by atoms with Crippen LogP contribution in [0.25, 0.3) is 0 Å². The Morgan fingerprint density at radius 3 is 2.66 bits per heavy atom. The van der Waals surface area contributed by atoms with E-state index in [0.29, 0.717) is 6.54 Å². The third-order valence-corrected chi connectivity index (χ3v) is 5.22. The van der Waals surface area contributed by atoms with E-state index in [1.165, 1.54) is 18.4 Å². The summed E-state index contributed by atoms with van der Waals surface area (Å²) in [6.45, 7) is 10.4. The van der Waals surface area contributed by atoms with Crippen LogP contribution >= 0.6 is 24.0 Å². The molecule has 0 bridgehead atoms. The summed E-state index contributed by atoms with van der Waals surface area (Å²) in [7, 11) is 1.79. The van der Waals surface area contributed by atoms with Gasteiger partial charge in [-0.2, -0.15) is 0 Å². The number of aliphatic imine (C=N–C) groups is 1. The molecule has 1 unspecified atom stereocenters. The predicted molar refractivity (Wildman–Crippen MR) is 127 cm³/mol. The largest absolute Gasteiger partial charge is 0.493 e. The minimum absolute atomic E-state index is 0. The van der Waals surface area contributed by atoms with Crippen LogP contribution in [0.15, 0.2) is 27.7 Å². The van der Waals surface area contributed by atoms with E-state index in [1.54, 1.807) is 7.05 Å².